The molecule has 0 aliphatic carbocycles. The van der Waals surface area contributed by atoms with E-state index in [1.807, 2.05) is 24.5 Å². The summed E-state index contributed by atoms with van der Waals surface area (Å²) in [6.07, 6.45) is 3.73. The van der Waals surface area contributed by atoms with Crippen LogP contribution in [0.5, 0.6) is 0 Å². The van der Waals surface area contributed by atoms with E-state index in [2.05, 4.69) is 25.9 Å². The summed E-state index contributed by atoms with van der Waals surface area (Å²) in [5, 5.41) is 1.14. The molecule has 0 fully saturated rings. The van der Waals surface area contributed by atoms with Gasteiger partial charge in [-0.25, -0.2) is 4.98 Å². The van der Waals surface area contributed by atoms with Crippen molar-refractivity contribution < 1.29 is 0 Å². The summed E-state index contributed by atoms with van der Waals surface area (Å²) in [7, 11) is 0. The first-order valence-corrected chi connectivity index (χ1v) is 3.74. The third kappa shape index (κ3) is 0.827. The van der Waals surface area contributed by atoms with Crippen LogP contribution in [-0.2, 0) is 0 Å². The van der Waals surface area contributed by atoms with Gasteiger partial charge in [0.05, 0.1) is 0 Å². The number of pyridine rings is 1. The van der Waals surface area contributed by atoms with Crippen molar-refractivity contribution >= 4 is 26.8 Å². The summed E-state index contributed by atoms with van der Waals surface area (Å²) in [5.41, 5.74) is 1.11. The smallest absolute Gasteiger partial charge is 0.108 e. The molecule has 1 N–H and O–H groups in total. The zero-order chi connectivity index (χ0) is 6.97. The zero-order valence-corrected chi connectivity index (χ0v) is 6.72. The molecule has 2 heterocycles. The van der Waals surface area contributed by atoms with E-state index < -0.39 is 0 Å². The molecule has 0 saturated heterocycles. The summed E-state index contributed by atoms with van der Waals surface area (Å²) >= 11 is 3.29. The molecule has 0 spiro atoms. The number of aromatic amines is 1. The van der Waals surface area contributed by atoms with Gasteiger partial charge in [-0.05, 0) is 28.1 Å². The Bertz CT molecular complexity index is 353. The van der Waals surface area contributed by atoms with Gasteiger partial charge in [0.2, 0.25) is 0 Å². The molecule has 0 aliphatic heterocycles. The largest absolute Gasteiger partial charge is 0.361 e. The summed E-state index contributed by atoms with van der Waals surface area (Å²) in [6.45, 7) is 0. The van der Waals surface area contributed by atoms with Crippen LogP contribution in [0.25, 0.3) is 10.9 Å². The molecule has 0 bridgehead atoms. The van der Waals surface area contributed by atoms with E-state index in [4.69, 9.17) is 0 Å². The lowest BCUT2D eigenvalue weighted by Crippen LogP contribution is -1.72. The van der Waals surface area contributed by atoms with Crippen LogP contribution in [0.15, 0.2) is 29.1 Å². The van der Waals surface area contributed by atoms with Gasteiger partial charge in [0.25, 0.3) is 0 Å². The van der Waals surface area contributed by atoms with Crippen molar-refractivity contribution in [2.75, 3.05) is 0 Å². The Morgan fingerprint density at radius 3 is 3.30 bits per heavy atom. The molecule has 10 heavy (non-hydrogen) atoms. The van der Waals surface area contributed by atoms with Crippen LogP contribution in [0.2, 0.25) is 0 Å². The molecule has 0 aliphatic rings. The first-order chi connectivity index (χ1) is 4.86. The number of aromatic nitrogens is 2. The zero-order valence-electron chi connectivity index (χ0n) is 5.13. The maximum absolute atomic E-state index is 4.08. The summed E-state index contributed by atoms with van der Waals surface area (Å²) in [6, 6.07) is 3.95. The maximum Gasteiger partial charge on any atom is 0.108 e. The van der Waals surface area contributed by atoms with Crippen LogP contribution in [0, 0.1) is 0 Å². The van der Waals surface area contributed by atoms with Gasteiger partial charge in [-0.1, -0.05) is 0 Å². The van der Waals surface area contributed by atoms with E-state index in [1.54, 1.807) is 0 Å². The van der Waals surface area contributed by atoms with Crippen molar-refractivity contribution in [3.8, 4) is 0 Å². The average molecular weight is 197 g/mol. The van der Waals surface area contributed by atoms with Gasteiger partial charge >= 0.3 is 0 Å². The van der Waals surface area contributed by atoms with Crippen LogP contribution in [-0.4, -0.2) is 9.97 Å². The topological polar surface area (TPSA) is 28.7 Å². The van der Waals surface area contributed by atoms with E-state index in [0.29, 0.717) is 0 Å². The van der Waals surface area contributed by atoms with Gasteiger partial charge < -0.3 is 4.98 Å². The minimum absolute atomic E-state index is 0.863. The lowest BCUT2D eigenvalue weighted by molar-refractivity contribution is 1.30. The molecule has 0 saturated carbocycles. The molecule has 0 aromatic carbocycles. The number of hydrogen-bond donors (Lipinski definition) is 1. The molecule has 2 aromatic heterocycles. The summed E-state index contributed by atoms with van der Waals surface area (Å²) < 4.78 is 0.863. The highest BCUT2D eigenvalue weighted by molar-refractivity contribution is 9.10. The van der Waals surface area contributed by atoms with Crippen molar-refractivity contribution in [2.45, 2.75) is 0 Å². The van der Waals surface area contributed by atoms with Gasteiger partial charge in [0.15, 0.2) is 0 Å². The Hall–Kier alpha value is -0.830. The molecule has 50 valence electrons. The van der Waals surface area contributed by atoms with E-state index in [-0.39, 0.29) is 0 Å². The minimum atomic E-state index is 0.863. The lowest BCUT2D eigenvalue weighted by Gasteiger charge is -1.88. The number of fused-ring (bicyclic) bond motifs is 1. The first-order valence-electron chi connectivity index (χ1n) is 2.95. The van der Waals surface area contributed by atoms with Crippen LogP contribution in [0.4, 0.5) is 0 Å². The number of hydrogen-bond acceptors (Lipinski definition) is 1. The third-order valence-corrected chi connectivity index (χ3v) is 1.84. The SMILES string of the molecule is Brc1cc2[nH]ccc2cn1. The number of H-pyrrole nitrogens is 1. The lowest BCUT2D eigenvalue weighted by atomic mass is 10.3. The fourth-order valence-electron chi connectivity index (χ4n) is 0.919. The standard InChI is InChI=1S/C7H5BrN2/c8-7-3-6-5(4-10-7)1-2-9-6/h1-4,9H. The molecule has 3 heteroatoms. The number of nitrogens with zero attached hydrogens (tertiary/aromatic N) is 1. The molecule has 2 nitrogen and oxygen atoms in total. The van der Waals surface area contributed by atoms with Crippen LogP contribution >= 0.6 is 15.9 Å². The summed E-state index contributed by atoms with van der Waals surface area (Å²) in [5.74, 6) is 0. The molecular formula is C7H5BrN2. The molecule has 2 aromatic rings. The minimum Gasteiger partial charge on any atom is -0.361 e. The Morgan fingerprint density at radius 2 is 2.40 bits per heavy atom. The predicted octanol–water partition coefficient (Wildman–Crippen LogP) is 2.33. The highest BCUT2D eigenvalue weighted by Crippen LogP contribution is 2.14. The van der Waals surface area contributed by atoms with Gasteiger partial charge in [0.1, 0.15) is 4.60 Å². The molecule has 0 radical (unpaired) electrons. The van der Waals surface area contributed by atoms with Crippen LogP contribution < -0.4 is 0 Å². The predicted molar refractivity (Wildman–Crippen MR) is 43.8 cm³/mol. The monoisotopic (exact) mass is 196 g/mol. The van der Waals surface area contributed by atoms with Crippen LogP contribution in [0.1, 0.15) is 0 Å². The van der Waals surface area contributed by atoms with Gasteiger partial charge in [0, 0.05) is 23.3 Å². The molecule has 0 amide bonds. The maximum atomic E-state index is 4.08. The van der Waals surface area contributed by atoms with Crippen molar-refractivity contribution in [3.05, 3.63) is 29.1 Å². The quantitative estimate of drug-likeness (QED) is 0.645. The fourth-order valence-corrected chi connectivity index (χ4v) is 1.25. The molecular weight excluding hydrogens is 192 g/mol. The Labute approximate surface area is 66.4 Å². The van der Waals surface area contributed by atoms with Crippen molar-refractivity contribution in [1.29, 1.82) is 0 Å². The van der Waals surface area contributed by atoms with E-state index in [1.165, 1.54) is 0 Å². The van der Waals surface area contributed by atoms with E-state index in [0.717, 1.165) is 15.5 Å². The highest BCUT2D eigenvalue weighted by Gasteiger charge is 1.93. The average Bonchev–Trinajstić information content (AvgIpc) is 2.33. The second-order valence-electron chi connectivity index (χ2n) is 2.07. The molecule has 2 rings (SSSR count). The number of halogens is 1. The van der Waals surface area contributed by atoms with Crippen LogP contribution in [0.3, 0.4) is 0 Å². The molecule has 0 unspecified atom stereocenters. The van der Waals surface area contributed by atoms with E-state index >= 15 is 0 Å². The van der Waals surface area contributed by atoms with E-state index in [9.17, 15) is 0 Å². The number of nitrogens with one attached hydrogen (secondary N) is 1. The second-order valence-corrected chi connectivity index (χ2v) is 2.88. The van der Waals surface area contributed by atoms with Gasteiger partial charge in [-0.2, -0.15) is 0 Å². The van der Waals surface area contributed by atoms with Gasteiger partial charge in [-0.3, -0.25) is 0 Å². The second kappa shape index (κ2) is 2.09. The molecule has 0 atom stereocenters. The highest BCUT2D eigenvalue weighted by atomic mass is 79.9. The Balaban J connectivity index is 2.86. The Morgan fingerprint density at radius 1 is 1.50 bits per heavy atom. The first kappa shape index (κ1) is 5.92. The van der Waals surface area contributed by atoms with Crippen molar-refractivity contribution in [1.82, 2.24) is 9.97 Å². The third-order valence-electron chi connectivity index (χ3n) is 1.40. The van der Waals surface area contributed by atoms with Crippen molar-refractivity contribution in [2.24, 2.45) is 0 Å². The Kier molecular flexibility index (Phi) is 1.24. The number of rotatable bonds is 0. The van der Waals surface area contributed by atoms with Crippen molar-refractivity contribution in [3.63, 3.8) is 0 Å². The normalized spacial score (nSPS) is 10.5. The fraction of sp³-hybridized carbons (Fsp3) is 0. The summed E-state index contributed by atoms with van der Waals surface area (Å²) in [4.78, 5) is 7.17. The van der Waals surface area contributed by atoms with Gasteiger partial charge in [-0.15, -0.1) is 0 Å².